The van der Waals surface area contributed by atoms with E-state index in [0.29, 0.717) is 5.56 Å². The van der Waals surface area contributed by atoms with E-state index in [0.717, 1.165) is 13.0 Å². The van der Waals surface area contributed by atoms with Crippen LogP contribution in [0.5, 0.6) is 0 Å². The number of hydrogen-bond acceptors (Lipinski definition) is 3. The van der Waals surface area contributed by atoms with E-state index in [2.05, 4.69) is 11.0 Å². The molecule has 0 bridgehead atoms. The highest BCUT2D eigenvalue weighted by Crippen LogP contribution is 2.10. The summed E-state index contributed by atoms with van der Waals surface area (Å²) < 4.78 is 0. The smallest absolute Gasteiger partial charge is 0.0991 e. The highest BCUT2D eigenvalue weighted by molar-refractivity contribution is 5.85. The van der Waals surface area contributed by atoms with Gasteiger partial charge in [0, 0.05) is 12.6 Å². The van der Waals surface area contributed by atoms with Crippen LogP contribution >= 0.6 is 24.8 Å². The third-order valence-corrected chi connectivity index (χ3v) is 3.27. The van der Waals surface area contributed by atoms with E-state index in [4.69, 9.17) is 11.0 Å². The number of halogens is 2. The molecule has 19 heavy (non-hydrogen) atoms. The molecule has 2 rings (SSSR count). The van der Waals surface area contributed by atoms with Gasteiger partial charge in [0.15, 0.2) is 0 Å². The maximum absolute atomic E-state index is 8.72. The number of benzene rings is 1. The van der Waals surface area contributed by atoms with Gasteiger partial charge in [-0.15, -0.1) is 24.8 Å². The van der Waals surface area contributed by atoms with Gasteiger partial charge in [0.05, 0.1) is 11.6 Å². The molecule has 1 atom stereocenters. The van der Waals surface area contributed by atoms with Gasteiger partial charge in [0.1, 0.15) is 0 Å². The molecule has 0 saturated carbocycles. The fourth-order valence-electron chi connectivity index (χ4n) is 2.38. The van der Waals surface area contributed by atoms with Gasteiger partial charge in [-0.3, -0.25) is 0 Å². The van der Waals surface area contributed by atoms with Crippen molar-refractivity contribution in [3.8, 4) is 6.07 Å². The minimum absolute atomic E-state index is 0. The SMILES string of the molecule is Cl.Cl.N#Cc1ccc(CC(N)CN2CCCC2)cc1. The Labute approximate surface area is 127 Å². The number of nitrogens with two attached hydrogens (primary N) is 1. The lowest BCUT2D eigenvalue weighted by Gasteiger charge is -2.20. The first kappa shape index (κ1) is 18.2. The fourth-order valence-corrected chi connectivity index (χ4v) is 2.38. The summed E-state index contributed by atoms with van der Waals surface area (Å²) in [5.41, 5.74) is 8.08. The molecule has 1 fully saturated rings. The van der Waals surface area contributed by atoms with Crippen LogP contribution in [0.3, 0.4) is 0 Å². The van der Waals surface area contributed by atoms with Crippen molar-refractivity contribution in [2.45, 2.75) is 25.3 Å². The van der Waals surface area contributed by atoms with Gasteiger partial charge >= 0.3 is 0 Å². The molecule has 0 aliphatic carbocycles. The van der Waals surface area contributed by atoms with E-state index >= 15 is 0 Å². The molecule has 1 heterocycles. The molecule has 106 valence electrons. The Hall–Kier alpha value is -0.790. The predicted molar refractivity (Wildman–Crippen MR) is 83.0 cm³/mol. The Morgan fingerprint density at radius 3 is 2.26 bits per heavy atom. The van der Waals surface area contributed by atoms with Gasteiger partial charge in [0.2, 0.25) is 0 Å². The summed E-state index contributed by atoms with van der Waals surface area (Å²) in [6, 6.07) is 10.0. The minimum Gasteiger partial charge on any atom is -0.326 e. The molecule has 2 N–H and O–H groups in total. The van der Waals surface area contributed by atoms with Gasteiger partial charge in [-0.1, -0.05) is 12.1 Å². The lowest BCUT2D eigenvalue weighted by molar-refractivity contribution is 0.313. The average Bonchev–Trinajstić information content (AvgIpc) is 2.82. The highest BCUT2D eigenvalue weighted by atomic mass is 35.5. The quantitative estimate of drug-likeness (QED) is 0.929. The van der Waals surface area contributed by atoms with E-state index in [1.165, 1.54) is 31.5 Å². The summed E-state index contributed by atoms with van der Waals surface area (Å²) in [7, 11) is 0. The second-order valence-electron chi connectivity index (χ2n) is 4.78. The first-order chi connectivity index (χ1) is 8.28. The molecule has 1 aliphatic heterocycles. The van der Waals surface area contributed by atoms with Gasteiger partial charge in [0.25, 0.3) is 0 Å². The Kier molecular flexibility index (Phi) is 8.79. The third kappa shape index (κ3) is 5.80. The monoisotopic (exact) mass is 301 g/mol. The zero-order valence-electron chi connectivity index (χ0n) is 10.9. The molecule has 1 unspecified atom stereocenters. The van der Waals surface area contributed by atoms with Crippen LogP contribution in [0, 0.1) is 11.3 Å². The minimum atomic E-state index is 0. The highest BCUT2D eigenvalue weighted by Gasteiger charge is 2.14. The van der Waals surface area contributed by atoms with Crippen molar-refractivity contribution < 1.29 is 0 Å². The molecule has 1 saturated heterocycles. The van der Waals surface area contributed by atoms with Crippen molar-refractivity contribution >= 4 is 24.8 Å². The molecule has 0 radical (unpaired) electrons. The number of hydrogen-bond donors (Lipinski definition) is 1. The number of nitriles is 1. The maximum Gasteiger partial charge on any atom is 0.0991 e. The predicted octanol–water partition coefficient (Wildman–Crippen LogP) is 2.37. The van der Waals surface area contributed by atoms with Crippen LogP contribution in [0.2, 0.25) is 0 Å². The zero-order valence-corrected chi connectivity index (χ0v) is 12.6. The second-order valence-corrected chi connectivity index (χ2v) is 4.78. The van der Waals surface area contributed by atoms with Gasteiger partial charge in [-0.05, 0) is 50.0 Å². The summed E-state index contributed by atoms with van der Waals surface area (Å²) in [4.78, 5) is 2.44. The van der Waals surface area contributed by atoms with Crippen LogP contribution < -0.4 is 5.73 Å². The van der Waals surface area contributed by atoms with Gasteiger partial charge in [-0.2, -0.15) is 5.26 Å². The number of rotatable bonds is 4. The Morgan fingerprint density at radius 1 is 1.16 bits per heavy atom. The van der Waals surface area contributed by atoms with Gasteiger partial charge < -0.3 is 10.6 Å². The molecular formula is C14H21Cl2N3. The summed E-state index contributed by atoms with van der Waals surface area (Å²) in [6.45, 7) is 3.38. The standard InChI is InChI=1S/C14H19N3.2ClH/c15-10-13-5-3-12(4-6-13)9-14(16)11-17-7-1-2-8-17;;/h3-6,14H,1-2,7-9,11,16H2;2*1H. The van der Waals surface area contributed by atoms with E-state index in [-0.39, 0.29) is 30.9 Å². The van der Waals surface area contributed by atoms with Crippen molar-refractivity contribution in [2.24, 2.45) is 5.73 Å². The Balaban J connectivity index is 0.00000162. The summed E-state index contributed by atoms with van der Waals surface area (Å²) in [5.74, 6) is 0. The summed E-state index contributed by atoms with van der Waals surface area (Å²) >= 11 is 0. The lowest BCUT2D eigenvalue weighted by atomic mass is 10.0. The molecule has 0 aromatic heterocycles. The van der Waals surface area contributed by atoms with Gasteiger partial charge in [-0.25, -0.2) is 0 Å². The largest absolute Gasteiger partial charge is 0.326 e. The van der Waals surface area contributed by atoms with Crippen LogP contribution in [0.1, 0.15) is 24.0 Å². The van der Waals surface area contributed by atoms with E-state index < -0.39 is 0 Å². The average molecular weight is 302 g/mol. The lowest BCUT2D eigenvalue weighted by Crippen LogP contribution is -2.37. The van der Waals surface area contributed by atoms with E-state index in [1.807, 2.05) is 24.3 Å². The Bertz CT molecular complexity index is 394. The van der Waals surface area contributed by atoms with E-state index in [9.17, 15) is 0 Å². The molecule has 1 aromatic rings. The molecule has 0 spiro atoms. The molecule has 0 amide bonds. The summed E-state index contributed by atoms with van der Waals surface area (Å²) in [5, 5.41) is 8.72. The molecular weight excluding hydrogens is 281 g/mol. The molecule has 1 aliphatic rings. The first-order valence-electron chi connectivity index (χ1n) is 6.25. The maximum atomic E-state index is 8.72. The Morgan fingerprint density at radius 2 is 1.74 bits per heavy atom. The van der Waals surface area contributed by atoms with Crippen molar-refractivity contribution in [1.82, 2.24) is 4.90 Å². The third-order valence-electron chi connectivity index (χ3n) is 3.27. The first-order valence-corrected chi connectivity index (χ1v) is 6.25. The summed E-state index contributed by atoms with van der Waals surface area (Å²) in [6.07, 6.45) is 3.51. The number of nitrogens with zero attached hydrogens (tertiary/aromatic N) is 2. The molecule has 1 aromatic carbocycles. The molecule has 5 heteroatoms. The van der Waals surface area contributed by atoms with Crippen molar-refractivity contribution in [3.63, 3.8) is 0 Å². The van der Waals surface area contributed by atoms with Crippen molar-refractivity contribution in [1.29, 1.82) is 5.26 Å². The van der Waals surface area contributed by atoms with Crippen molar-refractivity contribution in [3.05, 3.63) is 35.4 Å². The van der Waals surface area contributed by atoms with Crippen LogP contribution in [0.4, 0.5) is 0 Å². The molecule has 3 nitrogen and oxygen atoms in total. The normalized spacial score (nSPS) is 16.0. The van der Waals surface area contributed by atoms with Crippen LogP contribution in [0.25, 0.3) is 0 Å². The zero-order chi connectivity index (χ0) is 12.1. The fraction of sp³-hybridized carbons (Fsp3) is 0.500. The van der Waals surface area contributed by atoms with Crippen molar-refractivity contribution in [2.75, 3.05) is 19.6 Å². The number of likely N-dealkylation sites (tertiary alicyclic amines) is 1. The second kappa shape index (κ2) is 9.17. The van der Waals surface area contributed by atoms with Crippen LogP contribution in [-0.2, 0) is 6.42 Å². The van der Waals surface area contributed by atoms with Crippen LogP contribution in [-0.4, -0.2) is 30.6 Å². The topological polar surface area (TPSA) is 53.1 Å². The van der Waals surface area contributed by atoms with E-state index in [1.54, 1.807) is 0 Å². The van der Waals surface area contributed by atoms with Crippen LogP contribution in [0.15, 0.2) is 24.3 Å².